The second-order valence-electron chi connectivity index (χ2n) is 7.38. The Balaban J connectivity index is 1.59. The van der Waals surface area contributed by atoms with Crippen LogP contribution in [-0.2, 0) is 16.1 Å². The highest BCUT2D eigenvalue weighted by atomic mass is 32.2. The van der Waals surface area contributed by atoms with Crippen LogP contribution in [0.1, 0.15) is 18.1 Å². The second-order valence-corrected chi connectivity index (χ2v) is 8.39. The molecule has 0 bridgehead atoms. The Morgan fingerprint density at radius 1 is 1.03 bits per heavy atom. The van der Waals surface area contributed by atoms with E-state index in [0.29, 0.717) is 22.4 Å². The molecule has 0 unspecified atom stereocenters. The fourth-order valence-corrected chi connectivity index (χ4v) is 4.16. The first-order valence-corrected chi connectivity index (χ1v) is 11.2. The minimum Gasteiger partial charge on any atom is -0.479 e. The molecule has 1 aliphatic heterocycles. The summed E-state index contributed by atoms with van der Waals surface area (Å²) in [6.07, 6.45) is 0.868. The Hall–Kier alpha value is -3.84. The fraction of sp³-hybridized carbons (Fsp3) is 0.115. The second kappa shape index (κ2) is 10.2. The van der Waals surface area contributed by atoms with Gasteiger partial charge in [0.05, 0.1) is 17.1 Å². The van der Waals surface area contributed by atoms with Gasteiger partial charge in [-0.25, -0.2) is 9.79 Å². The average Bonchev–Trinajstić information content (AvgIpc) is 3.10. The number of carbonyl (C=O) groups is 2. The molecule has 1 amide bonds. The van der Waals surface area contributed by atoms with Gasteiger partial charge in [-0.3, -0.25) is 9.69 Å². The molecule has 1 aliphatic rings. The highest BCUT2D eigenvalue weighted by Gasteiger charge is 2.33. The standard InChI is InChI=1S/C26H22N2O4S/c1-18(25(30)31)32-22-14-12-19(13-15-22)16-23-24(29)28(17-20-8-4-2-5-9-20)26(33-23)27-21-10-6-3-7-11-21/h2-16,18H,17H2,1H3,(H,30,31)/b23-16-,27-26?/t18-/m1/s1. The zero-order chi connectivity index (χ0) is 23.2. The SMILES string of the molecule is C[C@@H](Oc1ccc(/C=C2\SC(=Nc3ccccc3)N(Cc3ccccc3)C2=O)cc1)C(=O)O. The summed E-state index contributed by atoms with van der Waals surface area (Å²) in [6.45, 7) is 1.90. The lowest BCUT2D eigenvalue weighted by Crippen LogP contribution is -2.28. The van der Waals surface area contributed by atoms with Gasteiger partial charge in [-0.1, -0.05) is 60.7 Å². The van der Waals surface area contributed by atoms with Crippen molar-refractivity contribution in [2.45, 2.75) is 19.6 Å². The zero-order valence-electron chi connectivity index (χ0n) is 17.9. The van der Waals surface area contributed by atoms with E-state index in [1.165, 1.54) is 18.7 Å². The molecule has 1 fully saturated rings. The number of hydrogen-bond acceptors (Lipinski definition) is 5. The van der Waals surface area contributed by atoms with Crippen LogP contribution in [0, 0.1) is 0 Å². The van der Waals surface area contributed by atoms with Gasteiger partial charge in [0.15, 0.2) is 11.3 Å². The van der Waals surface area contributed by atoms with E-state index in [9.17, 15) is 9.59 Å². The van der Waals surface area contributed by atoms with E-state index < -0.39 is 12.1 Å². The van der Waals surface area contributed by atoms with Gasteiger partial charge < -0.3 is 9.84 Å². The van der Waals surface area contributed by atoms with E-state index >= 15 is 0 Å². The van der Waals surface area contributed by atoms with Crippen LogP contribution in [0.15, 0.2) is 94.8 Å². The van der Waals surface area contributed by atoms with E-state index in [0.717, 1.165) is 16.8 Å². The summed E-state index contributed by atoms with van der Waals surface area (Å²) in [7, 11) is 0. The molecule has 1 atom stereocenters. The number of rotatable bonds is 7. The van der Waals surface area contributed by atoms with Crippen molar-refractivity contribution >= 4 is 40.6 Å². The Labute approximate surface area is 196 Å². The maximum absolute atomic E-state index is 13.3. The van der Waals surface area contributed by atoms with Crippen LogP contribution in [0.4, 0.5) is 5.69 Å². The number of carboxylic acid groups (broad SMARTS) is 1. The first-order valence-electron chi connectivity index (χ1n) is 10.4. The quantitative estimate of drug-likeness (QED) is 0.483. The molecule has 166 valence electrons. The van der Waals surface area contributed by atoms with Crippen molar-refractivity contribution in [3.05, 3.63) is 101 Å². The Morgan fingerprint density at radius 3 is 2.30 bits per heavy atom. The average molecular weight is 459 g/mol. The molecule has 3 aromatic carbocycles. The molecule has 0 aromatic heterocycles. The van der Waals surface area contributed by atoms with Crippen LogP contribution in [0.3, 0.4) is 0 Å². The maximum atomic E-state index is 13.3. The van der Waals surface area contributed by atoms with Crippen molar-refractivity contribution < 1.29 is 19.4 Å². The van der Waals surface area contributed by atoms with Crippen LogP contribution in [0.25, 0.3) is 6.08 Å². The van der Waals surface area contributed by atoms with Crippen LogP contribution in [-0.4, -0.2) is 33.2 Å². The molecule has 1 saturated heterocycles. The lowest BCUT2D eigenvalue weighted by atomic mass is 10.2. The number of amidine groups is 1. The molecule has 7 heteroatoms. The normalized spacial score (nSPS) is 16.9. The van der Waals surface area contributed by atoms with Crippen molar-refractivity contribution in [1.29, 1.82) is 0 Å². The number of para-hydroxylation sites is 1. The summed E-state index contributed by atoms with van der Waals surface area (Å²) in [5.41, 5.74) is 2.60. The minimum absolute atomic E-state index is 0.113. The van der Waals surface area contributed by atoms with Crippen molar-refractivity contribution in [1.82, 2.24) is 4.90 Å². The summed E-state index contributed by atoms with van der Waals surface area (Å²) in [5.74, 6) is -0.689. The van der Waals surface area contributed by atoms with Crippen LogP contribution >= 0.6 is 11.8 Å². The molecular formula is C26H22N2O4S. The summed E-state index contributed by atoms with van der Waals surface area (Å²) in [5, 5.41) is 9.61. The minimum atomic E-state index is -1.03. The highest BCUT2D eigenvalue weighted by Crippen LogP contribution is 2.35. The van der Waals surface area contributed by atoms with Crippen LogP contribution < -0.4 is 4.74 Å². The van der Waals surface area contributed by atoms with Gasteiger partial charge in [0.2, 0.25) is 0 Å². The van der Waals surface area contributed by atoms with Crippen molar-refractivity contribution in [3.63, 3.8) is 0 Å². The maximum Gasteiger partial charge on any atom is 0.344 e. The molecule has 1 heterocycles. The number of aliphatic imine (C=N–C) groups is 1. The summed E-state index contributed by atoms with van der Waals surface area (Å²) < 4.78 is 5.37. The molecule has 6 nitrogen and oxygen atoms in total. The van der Waals surface area contributed by atoms with Crippen molar-refractivity contribution in [3.8, 4) is 5.75 Å². The third-order valence-corrected chi connectivity index (χ3v) is 5.90. The number of hydrogen-bond donors (Lipinski definition) is 1. The van der Waals surface area contributed by atoms with E-state index in [1.807, 2.05) is 66.7 Å². The molecule has 0 aliphatic carbocycles. The number of carbonyl (C=O) groups excluding carboxylic acids is 1. The Morgan fingerprint density at radius 2 is 1.67 bits per heavy atom. The Kier molecular flexibility index (Phi) is 6.90. The van der Waals surface area contributed by atoms with E-state index in [2.05, 4.69) is 0 Å². The molecule has 4 rings (SSSR count). The topological polar surface area (TPSA) is 79.2 Å². The van der Waals surface area contributed by atoms with Crippen LogP contribution in [0.5, 0.6) is 5.75 Å². The van der Waals surface area contributed by atoms with E-state index in [1.54, 1.807) is 29.2 Å². The van der Waals surface area contributed by atoms with Crippen molar-refractivity contribution in [2.75, 3.05) is 0 Å². The first kappa shape index (κ1) is 22.4. The molecule has 0 saturated carbocycles. The predicted octanol–water partition coefficient (Wildman–Crippen LogP) is 5.34. The van der Waals surface area contributed by atoms with Gasteiger partial charge in [-0.05, 0) is 60.2 Å². The van der Waals surface area contributed by atoms with Gasteiger partial charge in [0.1, 0.15) is 5.75 Å². The predicted molar refractivity (Wildman–Crippen MR) is 130 cm³/mol. The third-order valence-electron chi connectivity index (χ3n) is 4.89. The number of amides is 1. The third kappa shape index (κ3) is 5.70. The summed E-state index contributed by atoms with van der Waals surface area (Å²) in [6, 6.07) is 26.3. The summed E-state index contributed by atoms with van der Waals surface area (Å²) in [4.78, 5) is 31.2. The number of nitrogens with zero attached hydrogens (tertiary/aromatic N) is 2. The van der Waals surface area contributed by atoms with Gasteiger partial charge >= 0.3 is 5.97 Å². The number of thioether (sulfide) groups is 1. The number of ether oxygens (including phenoxy) is 1. The largest absolute Gasteiger partial charge is 0.479 e. The molecule has 1 N–H and O–H groups in total. The van der Waals surface area contributed by atoms with E-state index in [-0.39, 0.29) is 5.91 Å². The lowest BCUT2D eigenvalue weighted by Gasteiger charge is -2.15. The van der Waals surface area contributed by atoms with Gasteiger partial charge in [0.25, 0.3) is 5.91 Å². The van der Waals surface area contributed by atoms with E-state index in [4.69, 9.17) is 14.8 Å². The first-order chi connectivity index (χ1) is 16.0. The molecule has 0 spiro atoms. The fourth-order valence-electron chi connectivity index (χ4n) is 3.16. The molecule has 0 radical (unpaired) electrons. The summed E-state index contributed by atoms with van der Waals surface area (Å²) >= 11 is 1.33. The monoisotopic (exact) mass is 458 g/mol. The van der Waals surface area contributed by atoms with Crippen molar-refractivity contribution in [2.24, 2.45) is 4.99 Å². The molecule has 33 heavy (non-hydrogen) atoms. The van der Waals surface area contributed by atoms with Gasteiger partial charge in [-0.15, -0.1) is 0 Å². The smallest absolute Gasteiger partial charge is 0.344 e. The lowest BCUT2D eigenvalue weighted by molar-refractivity contribution is -0.144. The number of benzene rings is 3. The van der Waals surface area contributed by atoms with Gasteiger partial charge in [0, 0.05) is 0 Å². The molecule has 3 aromatic rings. The van der Waals surface area contributed by atoms with Crippen LogP contribution in [0.2, 0.25) is 0 Å². The van der Waals surface area contributed by atoms with Gasteiger partial charge in [-0.2, -0.15) is 0 Å². The highest BCUT2D eigenvalue weighted by molar-refractivity contribution is 8.18. The Bertz CT molecular complexity index is 1190. The number of carboxylic acids is 1. The molecular weight excluding hydrogens is 436 g/mol. The zero-order valence-corrected chi connectivity index (χ0v) is 18.7. The number of aliphatic carboxylic acids is 1.